The second-order valence-electron chi connectivity index (χ2n) is 4.35. The zero-order valence-corrected chi connectivity index (χ0v) is 9.86. The highest BCUT2D eigenvalue weighted by Crippen LogP contribution is 2.22. The number of nitrogens with two attached hydrogens (primary N) is 1. The lowest BCUT2D eigenvalue weighted by atomic mass is 9.96. The second-order valence-corrected chi connectivity index (χ2v) is 6.58. The Bertz CT molecular complexity index is 444. The van der Waals surface area contributed by atoms with Crippen LogP contribution in [0, 0.1) is 5.92 Å². The molecule has 16 heavy (non-hydrogen) atoms. The van der Waals surface area contributed by atoms with Crippen LogP contribution in [0.5, 0.6) is 0 Å². The van der Waals surface area contributed by atoms with E-state index in [4.69, 9.17) is 5.73 Å². The summed E-state index contributed by atoms with van der Waals surface area (Å²) < 4.78 is 22.7. The van der Waals surface area contributed by atoms with E-state index < -0.39 is 9.84 Å². The highest BCUT2D eigenvalue weighted by Gasteiger charge is 2.31. The Morgan fingerprint density at radius 2 is 2.31 bits per heavy atom. The van der Waals surface area contributed by atoms with Crippen LogP contribution in [0.15, 0.2) is 24.4 Å². The molecule has 1 saturated heterocycles. The molecule has 2 heterocycles. The maximum atomic E-state index is 11.3. The Balaban J connectivity index is 1.97. The minimum absolute atomic E-state index is 0.0898. The number of pyridine rings is 1. The van der Waals surface area contributed by atoms with Gasteiger partial charge in [0.05, 0.1) is 11.5 Å². The molecule has 2 rings (SSSR count). The average molecular weight is 240 g/mol. The van der Waals surface area contributed by atoms with Gasteiger partial charge in [0.15, 0.2) is 9.84 Å². The lowest BCUT2D eigenvalue weighted by molar-refractivity contribution is 0.457. The summed E-state index contributed by atoms with van der Waals surface area (Å²) in [7, 11) is -2.83. The summed E-state index contributed by atoms with van der Waals surface area (Å²) in [6.45, 7) is 0. The van der Waals surface area contributed by atoms with Gasteiger partial charge in [0, 0.05) is 24.4 Å². The Morgan fingerprint density at radius 3 is 2.88 bits per heavy atom. The molecule has 0 aromatic carbocycles. The van der Waals surface area contributed by atoms with Gasteiger partial charge < -0.3 is 5.73 Å². The molecule has 0 aliphatic carbocycles. The maximum absolute atomic E-state index is 11.3. The van der Waals surface area contributed by atoms with Crippen molar-refractivity contribution in [2.24, 2.45) is 11.7 Å². The van der Waals surface area contributed by atoms with Crippen LogP contribution >= 0.6 is 0 Å². The van der Waals surface area contributed by atoms with E-state index in [2.05, 4.69) is 4.98 Å². The van der Waals surface area contributed by atoms with Crippen molar-refractivity contribution in [1.82, 2.24) is 4.98 Å². The highest BCUT2D eigenvalue weighted by molar-refractivity contribution is 7.91. The Labute approximate surface area is 95.8 Å². The predicted octanol–water partition coefficient (Wildman–Crippen LogP) is 0.386. The standard InChI is InChI=1S/C11H16N2O2S/c12-11(7-10-3-1-2-5-13-10)9-4-6-16(14,15)8-9/h1-3,5,9,11H,4,6-8,12H2. The van der Waals surface area contributed by atoms with Crippen molar-refractivity contribution < 1.29 is 8.42 Å². The van der Waals surface area contributed by atoms with Crippen LogP contribution in [-0.4, -0.2) is 30.9 Å². The fraction of sp³-hybridized carbons (Fsp3) is 0.545. The summed E-state index contributed by atoms with van der Waals surface area (Å²) in [6.07, 6.45) is 3.07. The molecule has 1 fully saturated rings. The molecule has 0 saturated carbocycles. The van der Waals surface area contributed by atoms with Crippen LogP contribution in [0.1, 0.15) is 12.1 Å². The van der Waals surface area contributed by atoms with Crippen LogP contribution in [0.25, 0.3) is 0 Å². The maximum Gasteiger partial charge on any atom is 0.150 e. The molecular weight excluding hydrogens is 224 g/mol. The fourth-order valence-corrected chi connectivity index (χ4v) is 3.98. The molecule has 5 heteroatoms. The minimum atomic E-state index is -2.83. The first-order chi connectivity index (χ1) is 7.57. The zero-order chi connectivity index (χ0) is 11.6. The number of rotatable bonds is 3. The van der Waals surface area contributed by atoms with Crippen molar-refractivity contribution in [1.29, 1.82) is 0 Å². The van der Waals surface area contributed by atoms with E-state index in [1.807, 2.05) is 18.2 Å². The normalized spacial score (nSPS) is 25.4. The molecule has 0 amide bonds. The average Bonchev–Trinajstić information content (AvgIpc) is 2.60. The highest BCUT2D eigenvalue weighted by atomic mass is 32.2. The molecule has 0 radical (unpaired) electrons. The monoisotopic (exact) mass is 240 g/mol. The smallest absolute Gasteiger partial charge is 0.150 e. The first-order valence-electron chi connectivity index (χ1n) is 5.43. The van der Waals surface area contributed by atoms with Gasteiger partial charge in [0.2, 0.25) is 0 Å². The summed E-state index contributed by atoms with van der Waals surface area (Å²) >= 11 is 0. The predicted molar refractivity (Wildman–Crippen MR) is 62.7 cm³/mol. The van der Waals surface area contributed by atoms with E-state index in [0.717, 1.165) is 5.69 Å². The third-order valence-corrected chi connectivity index (χ3v) is 4.84. The summed E-state index contributed by atoms with van der Waals surface area (Å²) in [5.74, 6) is 0.612. The summed E-state index contributed by atoms with van der Waals surface area (Å²) in [4.78, 5) is 4.20. The van der Waals surface area contributed by atoms with Crippen molar-refractivity contribution in [2.45, 2.75) is 18.9 Å². The second kappa shape index (κ2) is 4.51. The Morgan fingerprint density at radius 1 is 1.50 bits per heavy atom. The topological polar surface area (TPSA) is 73.0 Å². The molecule has 0 bridgehead atoms. The lowest BCUT2D eigenvalue weighted by Gasteiger charge is -2.16. The van der Waals surface area contributed by atoms with Crippen LogP contribution in [-0.2, 0) is 16.3 Å². The van der Waals surface area contributed by atoms with E-state index in [1.165, 1.54) is 0 Å². The van der Waals surface area contributed by atoms with Crippen LogP contribution in [0.2, 0.25) is 0 Å². The van der Waals surface area contributed by atoms with Crippen molar-refractivity contribution >= 4 is 9.84 Å². The van der Waals surface area contributed by atoms with Gasteiger partial charge in [-0.2, -0.15) is 0 Å². The molecule has 1 aliphatic heterocycles. The molecule has 0 spiro atoms. The zero-order valence-electron chi connectivity index (χ0n) is 9.04. The summed E-state index contributed by atoms with van der Waals surface area (Å²) in [6, 6.07) is 5.59. The summed E-state index contributed by atoms with van der Waals surface area (Å²) in [5, 5.41) is 0. The van der Waals surface area contributed by atoms with Gasteiger partial charge in [-0.1, -0.05) is 6.07 Å². The van der Waals surface area contributed by atoms with Gasteiger partial charge >= 0.3 is 0 Å². The molecule has 2 unspecified atom stereocenters. The first kappa shape index (κ1) is 11.5. The number of sulfone groups is 1. The van der Waals surface area contributed by atoms with Gasteiger partial charge in [0.1, 0.15) is 0 Å². The number of hydrogen-bond donors (Lipinski definition) is 1. The molecule has 2 atom stereocenters. The molecule has 88 valence electrons. The van der Waals surface area contributed by atoms with E-state index >= 15 is 0 Å². The van der Waals surface area contributed by atoms with Crippen LogP contribution in [0.4, 0.5) is 0 Å². The van der Waals surface area contributed by atoms with Gasteiger partial charge in [-0.15, -0.1) is 0 Å². The van der Waals surface area contributed by atoms with Crippen molar-refractivity contribution in [3.63, 3.8) is 0 Å². The Hall–Kier alpha value is -0.940. The number of aromatic nitrogens is 1. The largest absolute Gasteiger partial charge is 0.327 e. The van der Waals surface area contributed by atoms with Crippen LogP contribution in [0.3, 0.4) is 0 Å². The van der Waals surface area contributed by atoms with E-state index in [-0.39, 0.29) is 23.5 Å². The minimum Gasteiger partial charge on any atom is -0.327 e. The van der Waals surface area contributed by atoms with E-state index in [0.29, 0.717) is 12.8 Å². The van der Waals surface area contributed by atoms with Gasteiger partial charge in [-0.3, -0.25) is 4.98 Å². The SMILES string of the molecule is NC(Cc1ccccn1)C1CCS(=O)(=O)C1. The van der Waals surface area contributed by atoms with Crippen molar-refractivity contribution in [3.05, 3.63) is 30.1 Å². The van der Waals surface area contributed by atoms with Gasteiger partial charge in [-0.05, 0) is 24.5 Å². The molecule has 1 aliphatic rings. The molecular formula is C11H16N2O2S. The summed E-state index contributed by atoms with van der Waals surface area (Å²) in [5.41, 5.74) is 6.96. The van der Waals surface area contributed by atoms with Gasteiger partial charge in [0.25, 0.3) is 0 Å². The molecule has 2 N–H and O–H groups in total. The fourth-order valence-electron chi connectivity index (χ4n) is 2.09. The molecule has 1 aromatic rings. The van der Waals surface area contributed by atoms with Crippen molar-refractivity contribution in [3.8, 4) is 0 Å². The van der Waals surface area contributed by atoms with Crippen LogP contribution < -0.4 is 5.73 Å². The third kappa shape index (κ3) is 2.80. The van der Waals surface area contributed by atoms with E-state index in [1.54, 1.807) is 6.20 Å². The molecule has 1 aromatic heterocycles. The third-order valence-electron chi connectivity index (χ3n) is 3.04. The van der Waals surface area contributed by atoms with E-state index in [9.17, 15) is 8.42 Å². The van der Waals surface area contributed by atoms with Gasteiger partial charge in [-0.25, -0.2) is 8.42 Å². The van der Waals surface area contributed by atoms with Crippen molar-refractivity contribution in [2.75, 3.05) is 11.5 Å². The lowest BCUT2D eigenvalue weighted by Crippen LogP contribution is -2.33. The number of hydrogen-bond acceptors (Lipinski definition) is 4. The molecule has 4 nitrogen and oxygen atoms in total. The first-order valence-corrected chi connectivity index (χ1v) is 7.25. The quantitative estimate of drug-likeness (QED) is 0.829. The number of nitrogens with zero attached hydrogens (tertiary/aromatic N) is 1. The Kier molecular flexibility index (Phi) is 3.25.